The largest absolute Gasteiger partial charge is 0.469 e. The fraction of sp³-hybridized carbons (Fsp3) is 0.575. The van der Waals surface area contributed by atoms with Crippen LogP contribution in [0.5, 0.6) is 0 Å². The number of nitrogens with zero attached hydrogens (tertiary/aromatic N) is 4. The molecule has 0 aromatic heterocycles. The van der Waals surface area contributed by atoms with E-state index in [9.17, 15) is 49.3 Å². The number of likely N-dealkylation sites (tertiary alicyclic amines) is 2. The molecule has 2 saturated heterocycles. The SMILES string of the molecule is COC(=O)C(C1CCN(C(=O)OC(C)(C)C)CC1)C(O)c1ccccc1[N+](=O)[O-].COC(=O)CC1CCN(C(=O)OC(C)(C)C)CC1.O=Cc1ccccc1[N+](=O)[O-]. The third kappa shape index (κ3) is 15.7. The number of piperidine rings is 2. The van der Waals surface area contributed by atoms with Crippen LogP contribution in [0.3, 0.4) is 0 Å². The summed E-state index contributed by atoms with van der Waals surface area (Å²) in [5.74, 6) is -1.76. The number of aliphatic hydroxyl groups excluding tert-OH is 1. The van der Waals surface area contributed by atoms with Crippen molar-refractivity contribution >= 4 is 41.8 Å². The average Bonchev–Trinajstić information content (AvgIpc) is 3.17. The lowest BCUT2D eigenvalue weighted by molar-refractivity contribution is -0.386. The van der Waals surface area contributed by atoms with Crippen LogP contribution in [-0.2, 0) is 28.5 Å². The van der Waals surface area contributed by atoms with Crippen LogP contribution in [-0.4, -0.2) is 107 Å². The Hall–Kier alpha value is -5.65. The summed E-state index contributed by atoms with van der Waals surface area (Å²) in [5, 5.41) is 32.4. The highest BCUT2D eigenvalue weighted by atomic mass is 16.6. The number of methoxy groups -OCH3 is 2. The minimum Gasteiger partial charge on any atom is -0.469 e. The van der Waals surface area contributed by atoms with Crippen molar-refractivity contribution in [2.75, 3.05) is 40.4 Å². The zero-order valence-corrected chi connectivity index (χ0v) is 34.4. The van der Waals surface area contributed by atoms with Crippen molar-refractivity contribution in [1.29, 1.82) is 0 Å². The van der Waals surface area contributed by atoms with Crippen LogP contribution in [0, 0.1) is 38.0 Å². The van der Waals surface area contributed by atoms with Gasteiger partial charge in [0.05, 0.1) is 47.2 Å². The molecule has 0 saturated carbocycles. The number of benzene rings is 2. The van der Waals surface area contributed by atoms with E-state index in [1.807, 2.05) is 20.8 Å². The number of hydrogen-bond acceptors (Lipinski definition) is 14. The summed E-state index contributed by atoms with van der Waals surface area (Å²) in [4.78, 5) is 81.5. The number of aliphatic hydroxyl groups is 1. The highest BCUT2D eigenvalue weighted by molar-refractivity contribution is 5.81. The molecule has 1 N–H and O–H groups in total. The van der Waals surface area contributed by atoms with E-state index in [0.717, 1.165) is 12.8 Å². The highest BCUT2D eigenvalue weighted by Gasteiger charge is 2.41. The van der Waals surface area contributed by atoms with Gasteiger partial charge < -0.3 is 33.9 Å². The van der Waals surface area contributed by atoms with Crippen molar-refractivity contribution in [2.24, 2.45) is 17.8 Å². The van der Waals surface area contributed by atoms with E-state index < -0.39 is 45.1 Å². The van der Waals surface area contributed by atoms with Crippen molar-refractivity contribution in [3.63, 3.8) is 0 Å². The molecule has 4 rings (SSSR count). The van der Waals surface area contributed by atoms with E-state index in [0.29, 0.717) is 57.6 Å². The number of amides is 2. The van der Waals surface area contributed by atoms with Gasteiger partial charge in [-0.15, -0.1) is 0 Å². The van der Waals surface area contributed by atoms with E-state index in [4.69, 9.17) is 14.2 Å². The van der Waals surface area contributed by atoms with Gasteiger partial charge in [0.25, 0.3) is 11.4 Å². The van der Waals surface area contributed by atoms with Crippen molar-refractivity contribution in [1.82, 2.24) is 9.80 Å². The minimum absolute atomic E-state index is 0.0717. The van der Waals surface area contributed by atoms with Crippen LogP contribution in [0.1, 0.15) is 95.7 Å². The average molecular weight is 817 g/mol. The number of nitro groups is 2. The molecule has 320 valence electrons. The summed E-state index contributed by atoms with van der Waals surface area (Å²) < 4.78 is 20.2. The summed E-state index contributed by atoms with van der Waals surface area (Å²) in [7, 11) is 2.62. The number of para-hydroxylation sites is 2. The number of nitro benzene ring substituents is 2. The second kappa shape index (κ2) is 22.3. The number of rotatable bonds is 9. The Kier molecular flexibility index (Phi) is 18.7. The van der Waals surface area contributed by atoms with Gasteiger partial charge >= 0.3 is 24.1 Å². The fourth-order valence-corrected chi connectivity index (χ4v) is 6.30. The molecule has 2 amide bonds. The van der Waals surface area contributed by atoms with Crippen molar-refractivity contribution in [3.8, 4) is 0 Å². The monoisotopic (exact) mass is 816 g/mol. The van der Waals surface area contributed by atoms with Crippen LogP contribution < -0.4 is 0 Å². The van der Waals surface area contributed by atoms with Gasteiger partial charge in [0.2, 0.25) is 0 Å². The molecule has 0 radical (unpaired) electrons. The predicted octanol–water partition coefficient (Wildman–Crippen LogP) is 6.67. The Morgan fingerprint density at radius 1 is 0.759 bits per heavy atom. The van der Waals surface area contributed by atoms with E-state index in [-0.39, 0.29) is 40.5 Å². The number of carbonyl (C=O) groups excluding carboxylic acids is 5. The number of hydrogen-bond donors (Lipinski definition) is 1. The third-order valence-electron chi connectivity index (χ3n) is 9.17. The number of ether oxygens (including phenoxy) is 4. The highest BCUT2D eigenvalue weighted by Crippen LogP contribution is 2.38. The first kappa shape index (κ1) is 48.5. The number of esters is 2. The first-order valence-corrected chi connectivity index (χ1v) is 18.8. The molecule has 0 aliphatic carbocycles. The van der Waals surface area contributed by atoms with E-state index in [1.54, 1.807) is 42.7 Å². The predicted molar refractivity (Wildman–Crippen MR) is 210 cm³/mol. The zero-order chi connectivity index (χ0) is 43.8. The molecule has 18 nitrogen and oxygen atoms in total. The van der Waals surface area contributed by atoms with Crippen LogP contribution in [0.2, 0.25) is 0 Å². The lowest BCUT2D eigenvalue weighted by Gasteiger charge is -2.37. The van der Waals surface area contributed by atoms with Crippen LogP contribution in [0.25, 0.3) is 0 Å². The van der Waals surface area contributed by atoms with Crippen molar-refractivity contribution in [3.05, 3.63) is 79.9 Å². The number of aldehydes is 1. The lowest BCUT2D eigenvalue weighted by Crippen LogP contribution is -2.44. The second-order valence-electron chi connectivity index (χ2n) is 15.7. The Balaban J connectivity index is 0.000000338. The smallest absolute Gasteiger partial charge is 0.410 e. The molecule has 2 unspecified atom stereocenters. The quantitative estimate of drug-likeness (QED) is 0.0915. The van der Waals surface area contributed by atoms with Gasteiger partial charge in [0.1, 0.15) is 11.2 Å². The molecule has 2 heterocycles. The maximum absolute atomic E-state index is 12.5. The van der Waals surface area contributed by atoms with Crippen molar-refractivity contribution in [2.45, 2.75) is 91.0 Å². The van der Waals surface area contributed by atoms with Crippen LogP contribution in [0.15, 0.2) is 48.5 Å². The van der Waals surface area contributed by atoms with E-state index >= 15 is 0 Å². The van der Waals surface area contributed by atoms with Gasteiger partial charge in [0.15, 0.2) is 6.29 Å². The molecular formula is C40H56N4O14. The van der Waals surface area contributed by atoms with Crippen molar-refractivity contribution < 1.29 is 57.9 Å². The molecular weight excluding hydrogens is 760 g/mol. The minimum atomic E-state index is -1.39. The molecule has 0 bridgehead atoms. The summed E-state index contributed by atoms with van der Waals surface area (Å²) in [6.07, 6.45) is 1.37. The molecule has 0 spiro atoms. The van der Waals surface area contributed by atoms with Gasteiger partial charge in [-0.3, -0.25) is 34.6 Å². The van der Waals surface area contributed by atoms with Gasteiger partial charge in [-0.2, -0.15) is 0 Å². The van der Waals surface area contributed by atoms with Gasteiger partial charge in [-0.05, 0) is 91.2 Å². The first-order valence-electron chi connectivity index (χ1n) is 18.8. The Morgan fingerprint density at radius 2 is 1.21 bits per heavy atom. The molecule has 2 fully saturated rings. The molecule has 18 heteroatoms. The topological polar surface area (TPSA) is 235 Å². The zero-order valence-electron chi connectivity index (χ0n) is 34.4. The molecule has 2 atom stereocenters. The van der Waals surface area contributed by atoms with Crippen LogP contribution >= 0.6 is 0 Å². The maximum Gasteiger partial charge on any atom is 0.410 e. The first-order chi connectivity index (χ1) is 27.1. The third-order valence-corrected chi connectivity index (χ3v) is 9.17. The Labute approximate surface area is 338 Å². The van der Waals surface area contributed by atoms with Gasteiger partial charge in [-0.1, -0.05) is 24.3 Å². The van der Waals surface area contributed by atoms with Gasteiger partial charge in [0, 0.05) is 44.7 Å². The summed E-state index contributed by atoms with van der Waals surface area (Å²) in [6.45, 7) is 12.9. The normalized spacial score (nSPS) is 15.8. The Bertz CT molecular complexity index is 1720. The lowest BCUT2D eigenvalue weighted by atomic mass is 9.78. The Morgan fingerprint density at radius 3 is 1.62 bits per heavy atom. The fourth-order valence-electron chi connectivity index (χ4n) is 6.30. The molecule has 2 aliphatic rings. The van der Waals surface area contributed by atoms with E-state index in [2.05, 4.69) is 4.74 Å². The van der Waals surface area contributed by atoms with E-state index in [1.165, 1.54) is 50.6 Å². The number of carbonyl (C=O) groups is 5. The standard InChI is InChI=1S/C20H28N2O7.C13H23NO4.C7H5NO3/c1-20(2,3)29-19(25)21-11-9-13(10-12-21)16(18(24)28-4)17(23)14-7-5-6-8-15(14)22(26)27;1-13(2,3)18-12(16)14-7-5-10(6-8-14)9-11(15)17-4;9-5-6-3-1-2-4-7(6)8(10)11/h5-8,13,16-17,23H,9-12H2,1-4H3;10H,5-9H2,1-4H3;1-5H. The maximum atomic E-state index is 12.5. The van der Waals surface area contributed by atoms with Crippen LogP contribution in [0.4, 0.5) is 21.0 Å². The second-order valence-corrected chi connectivity index (χ2v) is 15.7. The summed E-state index contributed by atoms with van der Waals surface area (Å²) in [5.41, 5.74) is -1.28. The molecule has 2 aromatic rings. The molecule has 2 aliphatic heterocycles. The van der Waals surface area contributed by atoms with Gasteiger partial charge in [-0.25, -0.2) is 9.59 Å². The summed E-state index contributed by atoms with van der Waals surface area (Å²) >= 11 is 0. The molecule has 2 aromatic carbocycles. The summed E-state index contributed by atoms with van der Waals surface area (Å²) in [6, 6.07) is 11.6. The molecule has 58 heavy (non-hydrogen) atoms.